The molecule has 3 aromatic rings. The van der Waals surface area contributed by atoms with Crippen molar-refractivity contribution >= 4 is 33.0 Å². The van der Waals surface area contributed by atoms with Crippen molar-refractivity contribution in [2.24, 2.45) is 0 Å². The molecule has 2 N–H and O–H groups in total. The summed E-state index contributed by atoms with van der Waals surface area (Å²) in [5.41, 5.74) is 8.43. The zero-order chi connectivity index (χ0) is 11.8. The number of benzene rings is 1. The van der Waals surface area contributed by atoms with Crippen LogP contribution in [0.15, 0.2) is 47.1 Å². The molecule has 17 heavy (non-hydrogen) atoms. The summed E-state index contributed by atoms with van der Waals surface area (Å²) in [5.74, 6) is 0.436. The maximum Gasteiger partial charge on any atom is 0.207 e. The van der Waals surface area contributed by atoms with Crippen LogP contribution in [-0.2, 0) is 0 Å². The van der Waals surface area contributed by atoms with E-state index in [1.54, 1.807) is 6.20 Å². The molecule has 0 radical (unpaired) electrons. The van der Waals surface area contributed by atoms with Crippen LogP contribution in [0.4, 0.5) is 5.95 Å². The number of imidazole rings is 1. The third-order valence-electron chi connectivity index (χ3n) is 2.54. The summed E-state index contributed by atoms with van der Waals surface area (Å²) in [5, 5.41) is 0. The fourth-order valence-electron chi connectivity index (χ4n) is 1.80. The van der Waals surface area contributed by atoms with Crippen LogP contribution >= 0.6 is 15.9 Å². The molecule has 0 bridgehead atoms. The van der Waals surface area contributed by atoms with Crippen molar-refractivity contribution in [3.63, 3.8) is 0 Å². The van der Waals surface area contributed by atoms with Crippen molar-refractivity contribution in [1.29, 1.82) is 0 Å². The highest BCUT2D eigenvalue weighted by Crippen LogP contribution is 2.26. The first kappa shape index (κ1) is 10.3. The smallest absolute Gasteiger partial charge is 0.207 e. The lowest BCUT2D eigenvalue weighted by Gasteiger charge is -2.07. The first-order chi connectivity index (χ1) is 8.27. The topological polar surface area (TPSA) is 56.7 Å². The number of halogens is 1. The number of hydrogen-bond acceptors (Lipinski definition) is 3. The lowest BCUT2D eigenvalue weighted by molar-refractivity contribution is 1.08. The van der Waals surface area contributed by atoms with Crippen molar-refractivity contribution < 1.29 is 0 Å². The van der Waals surface area contributed by atoms with Gasteiger partial charge in [0.1, 0.15) is 5.52 Å². The third kappa shape index (κ3) is 1.59. The quantitative estimate of drug-likeness (QED) is 0.749. The summed E-state index contributed by atoms with van der Waals surface area (Å²) in [6.45, 7) is 0. The molecule has 5 heteroatoms. The second-order valence-electron chi connectivity index (χ2n) is 3.60. The molecule has 2 aromatic heterocycles. The van der Waals surface area contributed by atoms with Crippen LogP contribution in [0.1, 0.15) is 0 Å². The minimum absolute atomic E-state index is 0.436. The van der Waals surface area contributed by atoms with Crippen molar-refractivity contribution in [3.8, 4) is 5.69 Å². The van der Waals surface area contributed by atoms with Crippen molar-refractivity contribution in [1.82, 2.24) is 14.5 Å². The van der Waals surface area contributed by atoms with Crippen LogP contribution in [-0.4, -0.2) is 14.5 Å². The predicted octanol–water partition coefficient (Wildman–Crippen LogP) is 2.77. The number of hydrogen-bond donors (Lipinski definition) is 1. The molecular formula is C12H9BrN4. The third-order valence-corrected chi connectivity index (χ3v) is 3.21. The maximum absolute atomic E-state index is 5.95. The van der Waals surface area contributed by atoms with E-state index in [9.17, 15) is 0 Å². The van der Waals surface area contributed by atoms with Gasteiger partial charge < -0.3 is 5.73 Å². The number of aromatic nitrogens is 3. The molecule has 4 nitrogen and oxygen atoms in total. The minimum atomic E-state index is 0.436. The van der Waals surface area contributed by atoms with E-state index in [0.717, 1.165) is 21.3 Å². The summed E-state index contributed by atoms with van der Waals surface area (Å²) < 4.78 is 2.79. The Morgan fingerprint density at radius 1 is 1.12 bits per heavy atom. The zero-order valence-electron chi connectivity index (χ0n) is 8.84. The zero-order valence-corrected chi connectivity index (χ0v) is 10.4. The Balaban J connectivity index is 2.38. The molecule has 84 valence electrons. The van der Waals surface area contributed by atoms with Crippen LogP contribution < -0.4 is 5.73 Å². The van der Waals surface area contributed by atoms with Gasteiger partial charge >= 0.3 is 0 Å². The van der Waals surface area contributed by atoms with Crippen LogP contribution in [0.3, 0.4) is 0 Å². The van der Waals surface area contributed by atoms with E-state index in [0.29, 0.717) is 5.95 Å². The van der Waals surface area contributed by atoms with Gasteiger partial charge in [-0.15, -0.1) is 0 Å². The normalized spacial score (nSPS) is 10.9. The summed E-state index contributed by atoms with van der Waals surface area (Å²) in [7, 11) is 0. The van der Waals surface area contributed by atoms with Gasteiger partial charge in [-0.3, -0.25) is 4.57 Å². The number of nitrogens with two attached hydrogens (primary N) is 1. The number of fused-ring (bicyclic) bond motifs is 1. The number of para-hydroxylation sites is 1. The number of nitrogen functional groups attached to an aromatic ring is 1. The highest BCUT2D eigenvalue weighted by atomic mass is 79.9. The van der Waals surface area contributed by atoms with Gasteiger partial charge in [-0.05, 0) is 40.2 Å². The van der Waals surface area contributed by atoms with Crippen LogP contribution in [0.25, 0.3) is 16.9 Å². The van der Waals surface area contributed by atoms with E-state index in [1.165, 1.54) is 0 Å². The summed E-state index contributed by atoms with van der Waals surface area (Å²) in [6, 6.07) is 11.6. The van der Waals surface area contributed by atoms with Crippen molar-refractivity contribution in [3.05, 3.63) is 47.1 Å². The number of anilines is 1. The molecule has 0 fully saturated rings. The van der Waals surface area contributed by atoms with Crippen molar-refractivity contribution in [2.75, 3.05) is 5.73 Å². The van der Waals surface area contributed by atoms with E-state index < -0.39 is 0 Å². The Kier molecular flexibility index (Phi) is 2.33. The molecule has 1 aromatic carbocycles. The second-order valence-corrected chi connectivity index (χ2v) is 4.46. The van der Waals surface area contributed by atoms with E-state index in [-0.39, 0.29) is 0 Å². The van der Waals surface area contributed by atoms with E-state index >= 15 is 0 Å². The Bertz CT molecular complexity index is 690. The molecule has 0 spiro atoms. The molecule has 2 heterocycles. The second kappa shape index (κ2) is 3.85. The molecule has 0 saturated heterocycles. The first-order valence-corrected chi connectivity index (χ1v) is 5.90. The Labute approximate surface area is 106 Å². The first-order valence-electron chi connectivity index (χ1n) is 5.11. The number of nitrogens with zero attached hydrogens (tertiary/aromatic N) is 3. The summed E-state index contributed by atoms with van der Waals surface area (Å²) in [4.78, 5) is 8.61. The monoisotopic (exact) mass is 288 g/mol. The van der Waals surface area contributed by atoms with Gasteiger partial charge in [-0.1, -0.05) is 12.1 Å². The predicted molar refractivity (Wildman–Crippen MR) is 71.0 cm³/mol. The SMILES string of the molecule is Nc1nc2cccnc2n1-c1ccccc1Br. The average Bonchev–Trinajstić information content (AvgIpc) is 2.66. The largest absolute Gasteiger partial charge is 0.369 e. The molecule has 0 atom stereocenters. The molecule has 0 aliphatic carbocycles. The van der Waals surface area contributed by atoms with Gasteiger partial charge in [0.05, 0.1) is 5.69 Å². The van der Waals surface area contributed by atoms with Crippen LogP contribution in [0.5, 0.6) is 0 Å². The number of rotatable bonds is 1. The van der Waals surface area contributed by atoms with E-state index in [1.807, 2.05) is 41.0 Å². The van der Waals surface area contributed by atoms with E-state index in [4.69, 9.17) is 5.73 Å². The average molecular weight is 289 g/mol. The van der Waals surface area contributed by atoms with E-state index in [2.05, 4.69) is 25.9 Å². The molecule has 0 aliphatic rings. The Morgan fingerprint density at radius 2 is 1.94 bits per heavy atom. The van der Waals surface area contributed by atoms with Gasteiger partial charge in [-0.2, -0.15) is 0 Å². The maximum atomic E-state index is 5.95. The minimum Gasteiger partial charge on any atom is -0.369 e. The lowest BCUT2D eigenvalue weighted by atomic mass is 10.3. The van der Waals surface area contributed by atoms with Crippen LogP contribution in [0, 0.1) is 0 Å². The van der Waals surface area contributed by atoms with Crippen LogP contribution in [0.2, 0.25) is 0 Å². The van der Waals surface area contributed by atoms with Gasteiger partial charge in [0.25, 0.3) is 0 Å². The highest BCUT2D eigenvalue weighted by Gasteiger charge is 2.12. The summed E-state index contributed by atoms with van der Waals surface area (Å²) in [6.07, 6.45) is 1.73. The fraction of sp³-hybridized carbons (Fsp3) is 0. The van der Waals surface area contributed by atoms with Gasteiger partial charge in [0, 0.05) is 10.7 Å². The molecular weight excluding hydrogens is 280 g/mol. The molecule has 0 aliphatic heterocycles. The number of pyridine rings is 1. The standard InChI is InChI=1S/C12H9BrN4/c13-8-4-1-2-6-10(8)17-11-9(16-12(17)14)5-3-7-15-11/h1-7H,(H2,14,16). The van der Waals surface area contributed by atoms with Gasteiger partial charge in [0.2, 0.25) is 5.95 Å². The fourth-order valence-corrected chi connectivity index (χ4v) is 2.26. The van der Waals surface area contributed by atoms with Gasteiger partial charge in [-0.25, -0.2) is 9.97 Å². The lowest BCUT2D eigenvalue weighted by Crippen LogP contribution is -2.01. The molecule has 0 saturated carbocycles. The molecule has 0 amide bonds. The van der Waals surface area contributed by atoms with Crippen molar-refractivity contribution in [2.45, 2.75) is 0 Å². The molecule has 3 rings (SSSR count). The Morgan fingerprint density at radius 3 is 2.76 bits per heavy atom. The molecule has 0 unspecified atom stereocenters. The highest BCUT2D eigenvalue weighted by molar-refractivity contribution is 9.10. The summed E-state index contributed by atoms with van der Waals surface area (Å²) >= 11 is 3.51. The Hall–Kier alpha value is -1.88. The van der Waals surface area contributed by atoms with Gasteiger partial charge in [0.15, 0.2) is 5.65 Å².